The zero-order valence-electron chi connectivity index (χ0n) is 15.0. The largest absolute Gasteiger partial charge is 0.370 e. The van der Waals surface area contributed by atoms with Crippen molar-refractivity contribution in [1.82, 2.24) is 4.90 Å². The molecule has 0 bridgehead atoms. The Labute approximate surface area is 169 Å². The topological polar surface area (TPSA) is 55.6 Å². The molecular weight excluding hydrogens is 390 g/mol. The van der Waals surface area contributed by atoms with Gasteiger partial charge in [0.2, 0.25) is 5.91 Å². The fourth-order valence-electron chi connectivity index (χ4n) is 3.17. The van der Waals surface area contributed by atoms with Crippen LogP contribution < -0.4 is 5.73 Å². The number of carbonyl (C=O) groups is 1. The summed E-state index contributed by atoms with van der Waals surface area (Å²) in [4.78, 5) is 14.7. The summed E-state index contributed by atoms with van der Waals surface area (Å²) in [5.41, 5.74) is 7.98. The van der Waals surface area contributed by atoms with Gasteiger partial charge in [-0.1, -0.05) is 54.9 Å². The molecule has 0 aliphatic carbocycles. The lowest BCUT2D eigenvalue weighted by Gasteiger charge is -2.35. The van der Waals surface area contributed by atoms with Crippen LogP contribution in [0.1, 0.15) is 30.2 Å². The Morgan fingerprint density at radius 2 is 2.00 bits per heavy atom. The second-order valence-electron chi connectivity index (χ2n) is 6.54. The summed E-state index contributed by atoms with van der Waals surface area (Å²) in [5, 5.41) is 0.0500. The Kier molecular flexibility index (Phi) is 7.62. The Morgan fingerprint density at radius 3 is 2.67 bits per heavy atom. The van der Waals surface area contributed by atoms with E-state index >= 15 is 0 Å². The number of rotatable bonds is 4. The highest BCUT2D eigenvalue weighted by Crippen LogP contribution is 2.28. The SMILES string of the molecule is CC(C(=O)N1CCOC(c2ccc(F)c(Cl)c2)C1)C(N)c1ccccc1.Cl. The van der Waals surface area contributed by atoms with E-state index in [0.717, 1.165) is 11.1 Å². The number of halogens is 3. The van der Waals surface area contributed by atoms with Gasteiger partial charge in [-0.15, -0.1) is 12.4 Å². The molecule has 146 valence electrons. The first-order valence-electron chi connectivity index (χ1n) is 8.63. The van der Waals surface area contributed by atoms with E-state index in [0.29, 0.717) is 19.7 Å². The molecule has 2 N–H and O–H groups in total. The van der Waals surface area contributed by atoms with Crippen molar-refractivity contribution in [2.24, 2.45) is 11.7 Å². The van der Waals surface area contributed by atoms with E-state index in [1.807, 2.05) is 37.3 Å². The van der Waals surface area contributed by atoms with Crippen LogP contribution in [-0.2, 0) is 9.53 Å². The highest BCUT2D eigenvalue weighted by atomic mass is 35.5. The van der Waals surface area contributed by atoms with Crippen molar-refractivity contribution >= 4 is 29.9 Å². The minimum Gasteiger partial charge on any atom is -0.370 e. The van der Waals surface area contributed by atoms with Gasteiger partial charge in [-0.2, -0.15) is 0 Å². The van der Waals surface area contributed by atoms with Crippen LogP contribution in [0.2, 0.25) is 5.02 Å². The van der Waals surface area contributed by atoms with Gasteiger partial charge in [-0.3, -0.25) is 4.79 Å². The number of nitrogens with two attached hydrogens (primary N) is 1. The number of carbonyl (C=O) groups excluding carboxylic acids is 1. The molecule has 7 heteroatoms. The first-order valence-corrected chi connectivity index (χ1v) is 9.01. The summed E-state index contributed by atoms with van der Waals surface area (Å²) >= 11 is 5.86. The fourth-order valence-corrected chi connectivity index (χ4v) is 3.36. The fraction of sp³-hybridized carbons (Fsp3) is 0.350. The second-order valence-corrected chi connectivity index (χ2v) is 6.95. The van der Waals surface area contributed by atoms with Gasteiger partial charge in [-0.05, 0) is 23.3 Å². The van der Waals surface area contributed by atoms with Gasteiger partial charge < -0.3 is 15.4 Å². The van der Waals surface area contributed by atoms with Gasteiger partial charge in [0.25, 0.3) is 0 Å². The highest BCUT2D eigenvalue weighted by molar-refractivity contribution is 6.30. The molecule has 0 spiro atoms. The Bertz CT molecular complexity index is 776. The Balaban J connectivity index is 0.00000261. The zero-order chi connectivity index (χ0) is 18.7. The third-order valence-corrected chi connectivity index (χ3v) is 5.10. The lowest BCUT2D eigenvalue weighted by molar-refractivity contribution is -0.143. The molecule has 3 unspecified atom stereocenters. The molecule has 3 atom stereocenters. The van der Waals surface area contributed by atoms with Crippen molar-refractivity contribution in [2.45, 2.75) is 19.1 Å². The van der Waals surface area contributed by atoms with Crippen molar-refractivity contribution in [3.8, 4) is 0 Å². The van der Waals surface area contributed by atoms with Crippen LogP contribution in [-0.4, -0.2) is 30.5 Å². The first-order chi connectivity index (χ1) is 12.5. The number of hydrogen-bond donors (Lipinski definition) is 1. The maximum atomic E-state index is 13.4. The molecule has 4 nitrogen and oxygen atoms in total. The van der Waals surface area contributed by atoms with Crippen LogP contribution in [0.25, 0.3) is 0 Å². The number of benzene rings is 2. The number of morpholine rings is 1. The minimum atomic E-state index is -0.471. The highest BCUT2D eigenvalue weighted by Gasteiger charge is 2.31. The van der Waals surface area contributed by atoms with E-state index in [1.54, 1.807) is 17.0 Å². The average Bonchev–Trinajstić information content (AvgIpc) is 2.69. The predicted octanol–water partition coefficient (Wildman–Crippen LogP) is 4.14. The molecule has 2 aromatic carbocycles. The summed E-state index contributed by atoms with van der Waals surface area (Å²) in [6.07, 6.45) is -0.328. The van der Waals surface area contributed by atoms with Crippen molar-refractivity contribution in [3.63, 3.8) is 0 Å². The molecule has 0 radical (unpaired) electrons. The van der Waals surface area contributed by atoms with Crippen molar-refractivity contribution in [1.29, 1.82) is 0 Å². The van der Waals surface area contributed by atoms with Crippen LogP contribution >= 0.6 is 24.0 Å². The van der Waals surface area contributed by atoms with Crippen molar-refractivity contribution in [3.05, 3.63) is 70.5 Å². The molecular formula is C20H23Cl2FN2O2. The molecule has 1 fully saturated rings. The molecule has 1 aliphatic heterocycles. The van der Waals surface area contributed by atoms with Crippen LogP contribution in [0.5, 0.6) is 0 Å². The van der Waals surface area contributed by atoms with Gasteiger partial charge in [0.1, 0.15) is 11.9 Å². The molecule has 1 amide bonds. The summed E-state index contributed by atoms with van der Waals surface area (Å²) in [6, 6.07) is 13.7. The molecule has 1 heterocycles. The van der Waals surface area contributed by atoms with Gasteiger partial charge in [-0.25, -0.2) is 4.39 Å². The summed E-state index contributed by atoms with van der Waals surface area (Å²) in [6.45, 7) is 3.17. The molecule has 2 aromatic rings. The van der Waals surface area contributed by atoms with E-state index in [9.17, 15) is 9.18 Å². The third kappa shape index (κ3) is 4.99. The molecule has 1 saturated heterocycles. The summed E-state index contributed by atoms with van der Waals surface area (Å²) < 4.78 is 19.1. The van der Waals surface area contributed by atoms with E-state index in [2.05, 4.69) is 0 Å². The van der Waals surface area contributed by atoms with E-state index < -0.39 is 5.82 Å². The molecule has 27 heavy (non-hydrogen) atoms. The normalized spacial score (nSPS) is 19.1. The van der Waals surface area contributed by atoms with Gasteiger partial charge in [0.15, 0.2) is 0 Å². The second kappa shape index (κ2) is 9.51. The lowest BCUT2D eigenvalue weighted by Crippen LogP contribution is -2.46. The van der Waals surface area contributed by atoms with Gasteiger partial charge in [0.05, 0.1) is 24.1 Å². The van der Waals surface area contributed by atoms with E-state index in [1.165, 1.54) is 6.07 Å². The minimum absolute atomic E-state index is 0. The van der Waals surface area contributed by atoms with Gasteiger partial charge >= 0.3 is 0 Å². The molecule has 0 saturated carbocycles. The molecule has 0 aromatic heterocycles. The van der Waals surface area contributed by atoms with E-state index in [-0.39, 0.29) is 41.4 Å². The summed E-state index contributed by atoms with van der Waals surface area (Å²) in [5.74, 6) is -0.836. The molecule has 1 aliphatic rings. The summed E-state index contributed by atoms with van der Waals surface area (Å²) in [7, 11) is 0. The Hall–Kier alpha value is -1.66. The maximum Gasteiger partial charge on any atom is 0.227 e. The zero-order valence-corrected chi connectivity index (χ0v) is 16.5. The average molecular weight is 413 g/mol. The first kappa shape index (κ1) is 21.6. The molecule has 3 rings (SSSR count). The lowest BCUT2D eigenvalue weighted by atomic mass is 9.93. The van der Waals surface area contributed by atoms with Gasteiger partial charge in [0, 0.05) is 12.6 Å². The smallest absolute Gasteiger partial charge is 0.227 e. The Morgan fingerprint density at radius 1 is 1.30 bits per heavy atom. The predicted molar refractivity (Wildman–Crippen MR) is 106 cm³/mol. The number of amides is 1. The van der Waals surface area contributed by atoms with Crippen LogP contribution in [0.3, 0.4) is 0 Å². The number of ether oxygens (including phenoxy) is 1. The van der Waals surface area contributed by atoms with Crippen LogP contribution in [0, 0.1) is 11.7 Å². The third-order valence-electron chi connectivity index (χ3n) is 4.81. The maximum absolute atomic E-state index is 13.4. The quantitative estimate of drug-likeness (QED) is 0.820. The van der Waals surface area contributed by atoms with Crippen molar-refractivity contribution < 1.29 is 13.9 Å². The monoisotopic (exact) mass is 412 g/mol. The van der Waals surface area contributed by atoms with Crippen LogP contribution in [0.15, 0.2) is 48.5 Å². The standard InChI is InChI=1S/C20H22ClFN2O2.ClH/c1-13(19(23)14-5-3-2-4-6-14)20(25)24-9-10-26-18(12-24)15-7-8-17(22)16(21)11-15;/h2-8,11,13,18-19H,9-10,12,23H2,1H3;1H. The van der Waals surface area contributed by atoms with Crippen LogP contribution in [0.4, 0.5) is 4.39 Å². The number of hydrogen-bond acceptors (Lipinski definition) is 3. The van der Waals surface area contributed by atoms with Crippen molar-refractivity contribution in [2.75, 3.05) is 19.7 Å². The van der Waals surface area contributed by atoms with E-state index in [4.69, 9.17) is 22.1 Å². The number of nitrogens with zero attached hydrogens (tertiary/aromatic N) is 1.